The minimum atomic E-state index is -0.586. The summed E-state index contributed by atoms with van der Waals surface area (Å²) >= 11 is 0. The van der Waals surface area contributed by atoms with Gasteiger partial charge in [-0.25, -0.2) is 0 Å². The number of rotatable bonds is 10. The van der Waals surface area contributed by atoms with Gasteiger partial charge in [-0.15, -0.1) is 0 Å². The van der Waals surface area contributed by atoms with Gasteiger partial charge in [-0.2, -0.15) is 0 Å². The van der Waals surface area contributed by atoms with Crippen LogP contribution in [0.1, 0.15) is 25.0 Å². The summed E-state index contributed by atoms with van der Waals surface area (Å²) in [5, 5.41) is 23.7. The molecule has 0 aliphatic carbocycles. The summed E-state index contributed by atoms with van der Waals surface area (Å²) in [5.74, 6) is 1.45. The van der Waals surface area contributed by atoms with Crippen molar-refractivity contribution >= 4 is 21.5 Å². The van der Waals surface area contributed by atoms with Gasteiger partial charge in [0.15, 0.2) is 0 Å². The summed E-state index contributed by atoms with van der Waals surface area (Å²) in [6.07, 6.45) is 0. The van der Waals surface area contributed by atoms with Crippen molar-refractivity contribution in [2.75, 3.05) is 26.4 Å². The summed E-state index contributed by atoms with van der Waals surface area (Å²) in [6, 6.07) is 42.1. The molecule has 216 valence electrons. The number of ether oxygens (including phenoxy) is 2. The molecule has 6 aromatic rings. The second kappa shape index (κ2) is 12.3. The monoisotopic (exact) mass is 568 g/mol. The van der Waals surface area contributed by atoms with E-state index in [1.54, 1.807) is 0 Å². The second-order valence-corrected chi connectivity index (χ2v) is 11.3. The molecule has 0 saturated heterocycles. The van der Waals surface area contributed by atoms with Crippen molar-refractivity contribution in [2.24, 2.45) is 0 Å². The fourth-order valence-corrected chi connectivity index (χ4v) is 6.21. The fourth-order valence-electron chi connectivity index (χ4n) is 6.21. The number of aliphatic hydroxyl groups excluding tert-OH is 2. The molecule has 0 spiro atoms. The van der Waals surface area contributed by atoms with E-state index in [0.29, 0.717) is 0 Å². The van der Waals surface area contributed by atoms with Crippen LogP contribution < -0.4 is 9.47 Å². The Morgan fingerprint density at radius 2 is 0.907 bits per heavy atom. The summed E-state index contributed by atoms with van der Waals surface area (Å²) in [7, 11) is 0. The molecule has 0 unspecified atom stereocenters. The molecule has 0 fully saturated rings. The number of hydrogen-bond acceptors (Lipinski definition) is 4. The van der Waals surface area contributed by atoms with Crippen LogP contribution in [-0.4, -0.2) is 36.6 Å². The van der Waals surface area contributed by atoms with Crippen molar-refractivity contribution in [2.45, 2.75) is 19.3 Å². The SMILES string of the molecule is CC(C)(c1c(OCCO)ccc2cc(-c3ccccc3)ccc12)c1c(OCCO)ccc2cc(-c3ccccc3)ccc12. The number of hydrogen-bond donors (Lipinski definition) is 2. The zero-order valence-electron chi connectivity index (χ0n) is 24.6. The first kappa shape index (κ1) is 28.5. The molecular formula is C39H36O4. The van der Waals surface area contributed by atoms with Crippen molar-refractivity contribution in [1.29, 1.82) is 0 Å². The summed E-state index contributed by atoms with van der Waals surface area (Å²) in [5.41, 5.74) is 6.07. The Morgan fingerprint density at radius 1 is 0.488 bits per heavy atom. The van der Waals surface area contributed by atoms with Crippen LogP contribution in [0.2, 0.25) is 0 Å². The topological polar surface area (TPSA) is 58.9 Å². The van der Waals surface area contributed by atoms with Gasteiger partial charge in [0.05, 0.1) is 13.2 Å². The third-order valence-electron chi connectivity index (χ3n) is 8.13. The van der Waals surface area contributed by atoms with Crippen molar-refractivity contribution in [1.82, 2.24) is 0 Å². The Balaban J connectivity index is 1.58. The molecule has 0 aliphatic heterocycles. The quantitative estimate of drug-likeness (QED) is 0.174. The highest BCUT2D eigenvalue weighted by atomic mass is 16.5. The predicted molar refractivity (Wildman–Crippen MR) is 176 cm³/mol. The van der Waals surface area contributed by atoms with E-state index in [1.807, 2.05) is 24.3 Å². The first-order chi connectivity index (χ1) is 21.0. The number of aliphatic hydroxyl groups is 2. The van der Waals surface area contributed by atoms with Crippen LogP contribution in [0.4, 0.5) is 0 Å². The standard InChI is InChI=1S/C39H36O4/c1-39(2,37-33-17-13-29(27-9-5-3-6-10-27)25-31(33)15-19-35(37)42-23-21-40)38-34-18-14-30(28-11-7-4-8-12-28)26-32(34)16-20-36(38)43-24-22-41/h3-20,25-26,40-41H,21-24H2,1-2H3. The van der Waals surface area contributed by atoms with E-state index in [-0.39, 0.29) is 26.4 Å². The molecule has 0 bridgehead atoms. The molecule has 0 aliphatic rings. The lowest BCUT2D eigenvalue weighted by Crippen LogP contribution is -2.23. The maximum absolute atomic E-state index is 9.65. The van der Waals surface area contributed by atoms with Gasteiger partial charge in [-0.05, 0) is 68.1 Å². The summed E-state index contributed by atoms with van der Waals surface area (Å²) in [6.45, 7) is 4.63. The zero-order valence-corrected chi connectivity index (χ0v) is 24.6. The summed E-state index contributed by atoms with van der Waals surface area (Å²) in [4.78, 5) is 0. The van der Waals surface area contributed by atoms with E-state index in [4.69, 9.17) is 9.47 Å². The average Bonchev–Trinajstić information content (AvgIpc) is 3.05. The normalized spacial score (nSPS) is 11.6. The highest BCUT2D eigenvalue weighted by Crippen LogP contribution is 2.48. The van der Waals surface area contributed by atoms with Gasteiger partial charge in [0.1, 0.15) is 24.7 Å². The maximum atomic E-state index is 9.65. The lowest BCUT2D eigenvalue weighted by atomic mass is 9.73. The molecule has 4 heteroatoms. The largest absolute Gasteiger partial charge is 0.491 e. The fraction of sp³-hybridized carbons (Fsp3) is 0.179. The average molecular weight is 569 g/mol. The third kappa shape index (κ3) is 5.60. The molecule has 0 radical (unpaired) electrons. The van der Waals surface area contributed by atoms with Gasteiger partial charge < -0.3 is 19.7 Å². The number of benzene rings is 6. The van der Waals surface area contributed by atoms with Gasteiger partial charge in [0.25, 0.3) is 0 Å². The van der Waals surface area contributed by atoms with E-state index in [9.17, 15) is 10.2 Å². The molecule has 0 atom stereocenters. The lowest BCUT2D eigenvalue weighted by molar-refractivity contribution is 0.197. The smallest absolute Gasteiger partial charge is 0.124 e. The molecule has 0 heterocycles. The Morgan fingerprint density at radius 3 is 1.30 bits per heavy atom. The van der Waals surface area contributed by atoms with E-state index in [0.717, 1.165) is 66.4 Å². The first-order valence-electron chi connectivity index (χ1n) is 14.7. The van der Waals surface area contributed by atoms with Crippen LogP contribution in [0.5, 0.6) is 11.5 Å². The van der Waals surface area contributed by atoms with E-state index >= 15 is 0 Å². The summed E-state index contributed by atoms with van der Waals surface area (Å²) < 4.78 is 12.4. The Hall–Kier alpha value is -4.64. The van der Waals surface area contributed by atoms with Gasteiger partial charge in [-0.1, -0.05) is 111 Å². The van der Waals surface area contributed by atoms with Crippen molar-refractivity contribution in [3.8, 4) is 33.8 Å². The van der Waals surface area contributed by atoms with Gasteiger partial charge in [-0.3, -0.25) is 0 Å². The highest BCUT2D eigenvalue weighted by Gasteiger charge is 2.34. The predicted octanol–water partition coefficient (Wildman–Crippen LogP) is 8.40. The molecule has 43 heavy (non-hydrogen) atoms. The van der Waals surface area contributed by atoms with E-state index in [2.05, 4.69) is 111 Å². The molecule has 0 amide bonds. The Bertz CT molecular complexity index is 1720. The third-order valence-corrected chi connectivity index (χ3v) is 8.13. The van der Waals surface area contributed by atoms with Crippen LogP contribution in [-0.2, 0) is 5.41 Å². The molecule has 6 aromatic carbocycles. The molecule has 4 nitrogen and oxygen atoms in total. The van der Waals surface area contributed by atoms with Crippen LogP contribution in [0.3, 0.4) is 0 Å². The highest BCUT2D eigenvalue weighted by molar-refractivity contribution is 5.96. The maximum Gasteiger partial charge on any atom is 0.124 e. The van der Waals surface area contributed by atoms with Crippen molar-refractivity contribution in [3.63, 3.8) is 0 Å². The van der Waals surface area contributed by atoms with E-state index < -0.39 is 5.41 Å². The number of fused-ring (bicyclic) bond motifs is 2. The molecule has 0 saturated carbocycles. The van der Waals surface area contributed by atoms with Crippen molar-refractivity contribution in [3.05, 3.63) is 132 Å². The van der Waals surface area contributed by atoms with Crippen molar-refractivity contribution < 1.29 is 19.7 Å². The Kier molecular flexibility index (Phi) is 8.15. The molecule has 6 rings (SSSR count). The van der Waals surface area contributed by atoms with Gasteiger partial charge in [0.2, 0.25) is 0 Å². The minimum Gasteiger partial charge on any atom is -0.491 e. The molecule has 2 N–H and O–H groups in total. The van der Waals surface area contributed by atoms with Gasteiger partial charge in [0, 0.05) is 16.5 Å². The van der Waals surface area contributed by atoms with E-state index in [1.165, 1.54) is 0 Å². The lowest BCUT2D eigenvalue weighted by Gasteiger charge is -2.32. The second-order valence-electron chi connectivity index (χ2n) is 11.3. The molecular weight excluding hydrogens is 532 g/mol. The first-order valence-corrected chi connectivity index (χ1v) is 14.7. The zero-order chi connectivity index (χ0) is 29.8. The van der Waals surface area contributed by atoms with Gasteiger partial charge >= 0.3 is 0 Å². The van der Waals surface area contributed by atoms with Crippen LogP contribution in [0.15, 0.2) is 121 Å². The Labute approximate surface area is 252 Å². The molecule has 0 aromatic heterocycles. The minimum absolute atomic E-state index is 0.0771. The van der Waals surface area contributed by atoms with Crippen LogP contribution >= 0.6 is 0 Å². The van der Waals surface area contributed by atoms with Crippen LogP contribution in [0.25, 0.3) is 43.8 Å². The van der Waals surface area contributed by atoms with Crippen LogP contribution in [0, 0.1) is 0 Å².